The standard InChI is InChI=1S/C13H9.2CH3.Sc/c1-3-7-12-10(5-1)9-11-6-2-4-8-13(11)12;;;/h1-5,7-8H,9H2;2*1H3;/q3*-1;+3. The minimum absolute atomic E-state index is 0. The van der Waals surface area contributed by atoms with E-state index in [-0.39, 0.29) is 40.7 Å². The molecule has 0 amide bonds. The molecule has 0 saturated heterocycles. The molecule has 0 aliphatic heterocycles. The van der Waals surface area contributed by atoms with Crippen molar-refractivity contribution in [1.82, 2.24) is 0 Å². The molecule has 1 heteroatoms. The van der Waals surface area contributed by atoms with Crippen molar-refractivity contribution >= 4 is 0 Å². The molecule has 0 fully saturated rings. The third-order valence-electron chi connectivity index (χ3n) is 2.62. The molecule has 0 heterocycles. The van der Waals surface area contributed by atoms with Gasteiger partial charge in [0.1, 0.15) is 0 Å². The summed E-state index contributed by atoms with van der Waals surface area (Å²) in [7, 11) is 0. The maximum atomic E-state index is 3.30. The van der Waals surface area contributed by atoms with Gasteiger partial charge in [-0.25, -0.2) is 0 Å². The molecular formula is C15H15Sc. The van der Waals surface area contributed by atoms with E-state index in [0.717, 1.165) is 6.42 Å². The Morgan fingerprint density at radius 2 is 1.56 bits per heavy atom. The molecule has 0 radical (unpaired) electrons. The van der Waals surface area contributed by atoms with Crippen molar-refractivity contribution in [2.24, 2.45) is 0 Å². The molecule has 0 saturated carbocycles. The third kappa shape index (κ3) is 2.35. The summed E-state index contributed by atoms with van der Waals surface area (Å²) in [6.07, 6.45) is 1.05. The molecule has 0 spiro atoms. The Morgan fingerprint density at radius 1 is 0.875 bits per heavy atom. The second-order valence-corrected chi connectivity index (χ2v) is 3.40. The van der Waals surface area contributed by atoms with Crippen LogP contribution in [0.2, 0.25) is 0 Å². The maximum Gasteiger partial charge on any atom is 3.00 e. The first-order chi connectivity index (χ1) is 6.45. The van der Waals surface area contributed by atoms with Crippen molar-refractivity contribution < 1.29 is 25.8 Å². The van der Waals surface area contributed by atoms with Crippen LogP contribution in [0.5, 0.6) is 0 Å². The molecule has 3 rings (SSSR count). The van der Waals surface area contributed by atoms with Gasteiger partial charge >= 0.3 is 25.8 Å². The zero-order chi connectivity index (χ0) is 8.67. The van der Waals surface area contributed by atoms with Crippen molar-refractivity contribution in [1.29, 1.82) is 0 Å². The van der Waals surface area contributed by atoms with Gasteiger partial charge in [0.25, 0.3) is 0 Å². The van der Waals surface area contributed by atoms with Gasteiger partial charge in [0.05, 0.1) is 0 Å². The van der Waals surface area contributed by atoms with Gasteiger partial charge in [-0.1, -0.05) is 35.4 Å². The maximum absolute atomic E-state index is 3.30. The first kappa shape index (κ1) is 15.3. The van der Waals surface area contributed by atoms with Crippen LogP contribution in [0, 0.1) is 20.9 Å². The van der Waals surface area contributed by atoms with Crippen LogP contribution in [0.15, 0.2) is 42.5 Å². The summed E-state index contributed by atoms with van der Waals surface area (Å²) in [5.74, 6) is 0. The van der Waals surface area contributed by atoms with Gasteiger partial charge < -0.3 is 14.9 Å². The summed E-state index contributed by atoms with van der Waals surface area (Å²) < 4.78 is 0. The fourth-order valence-electron chi connectivity index (χ4n) is 2.00. The Kier molecular flexibility index (Phi) is 5.88. The van der Waals surface area contributed by atoms with Crippen molar-refractivity contribution in [3.8, 4) is 11.1 Å². The number of hydrogen-bond donors (Lipinski definition) is 0. The zero-order valence-corrected chi connectivity index (χ0v) is 11.6. The van der Waals surface area contributed by atoms with Gasteiger partial charge in [0.15, 0.2) is 0 Å². The van der Waals surface area contributed by atoms with E-state index in [1.165, 1.54) is 22.3 Å². The van der Waals surface area contributed by atoms with Crippen LogP contribution in [0.3, 0.4) is 0 Å². The summed E-state index contributed by atoms with van der Waals surface area (Å²) >= 11 is 0. The molecule has 0 aromatic heterocycles. The van der Waals surface area contributed by atoms with Gasteiger partial charge in [-0.15, -0.1) is 5.56 Å². The number of benzene rings is 2. The van der Waals surface area contributed by atoms with Gasteiger partial charge in [-0.3, -0.25) is 0 Å². The van der Waals surface area contributed by atoms with E-state index in [1.54, 1.807) is 0 Å². The van der Waals surface area contributed by atoms with Crippen LogP contribution in [0.4, 0.5) is 0 Å². The molecule has 1 aliphatic rings. The first-order valence-corrected chi connectivity index (χ1v) is 4.53. The second-order valence-electron chi connectivity index (χ2n) is 3.40. The van der Waals surface area contributed by atoms with E-state index >= 15 is 0 Å². The van der Waals surface area contributed by atoms with E-state index in [1.807, 2.05) is 6.07 Å². The van der Waals surface area contributed by atoms with Crippen LogP contribution >= 0.6 is 0 Å². The molecule has 0 N–H and O–H groups in total. The van der Waals surface area contributed by atoms with Crippen molar-refractivity contribution in [2.75, 3.05) is 0 Å². The molecule has 0 bridgehead atoms. The summed E-state index contributed by atoms with van der Waals surface area (Å²) in [5.41, 5.74) is 5.51. The number of hydrogen-bond acceptors (Lipinski definition) is 0. The summed E-state index contributed by atoms with van der Waals surface area (Å²) in [6, 6.07) is 18.1. The molecule has 2 aromatic rings. The Morgan fingerprint density at radius 3 is 2.38 bits per heavy atom. The third-order valence-corrected chi connectivity index (χ3v) is 2.62. The van der Waals surface area contributed by atoms with Gasteiger partial charge in [0, 0.05) is 0 Å². The average Bonchev–Trinajstić information content (AvgIpc) is 2.56. The minimum atomic E-state index is 0. The Balaban J connectivity index is 0.000000750. The predicted molar refractivity (Wildman–Crippen MR) is 66.3 cm³/mol. The van der Waals surface area contributed by atoms with Crippen molar-refractivity contribution in [3.63, 3.8) is 0 Å². The molecule has 16 heavy (non-hydrogen) atoms. The normalized spacial score (nSPS) is 10.0. The van der Waals surface area contributed by atoms with E-state index in [2.05, 4.69) is 42.5 Å². The fourth-order valence-corrected chi connectivity index (χ4v) is 2.00. The van der Waals surface area contributed by atoms with Crippen LogP contribution in [0.1, 0.15) is 11.1 Å². The SMILES string of the molecule is [CH3-].[CH3-].[Sc+3].[c-]1cccc2c1Cc1ccccc1-2. The minimum Gasteiger partial charge on any atom is -0.358 e. The van der Waals surface area contributed by atoms with Gasteiger partial charge in [0.2, 0.25) is 0 Å². The average molecular weight is 240 g/mol. The van der Waals surface area contributed by atoms with E-state index < -0.39 is 0 Å². The van der Waals surface area contributed by atoms with Crippen LogP contribution < -0.4 is 0 Å². The largest absolute Gasteiger partial charge is 3.00 e. The molecular weight excluding hydrogens is 225 g/mol. The molecule has 1 aliphatic carbocycles. The van der Waals surface area contributed by atoms with Crippen molar-refractivity contribution in [2.45, 2.75) is 6.42 Å². The van der Waals surface area contributed by atoms with E-state index in [4.69, 9.17) is 0 Å². The Bertz CT molecular complexity index is 417. The molecule has 0 nitrogen and oxygen atoms in total. The van der Waals surface area contributed by atoms with E-state index in [9.17, 15) is 0 Å². The quantitative estimate of drug-likeness (QED) is 0.522. The Labute approximate surface area is 117 Å². The second kappa shape index (κ2) is 6.15. The zero-order valence-electron chi connectivity index (χ0n) is 9.83. The number of rotatable bonds is 0. The van der Waals surface area contributed by atoms with Gasteiger partial charge in [-0.2, -0.15) is 29.8 Å². The van der Waals surface area contributed by atoms with E-state index in [0.29, 0.717) is 0 Å². The molecule has 0 atom stereocenters. The molecule has 0 unspecified atom stereocenters. The predicted octanol–water partition coefficient (Wildman–Crippen LogP) is 3.96. The van der Waals surface area contributed by atoms with Crippen LogP contribution in [0.25, 0.3) is 11.1 Å². The molecule has 78 valence electrons. The number of fused-ring (bicyclic) bond motifs is 3. The smallest absolute Gasteiger partial charge is 0.358 e. The summed E-state index contributed by atoms with van der Waals surface area (Å²) in [4.78, 5) is 0. The molecule has 2 aromatic carbocycles. The van der Waals surface area contributed by atoms with Gasteiger partial charge in [-0.05, 0) is 6.42 Å². The fraction of sp³-hybridized carbons (Fsp3) is 0.0667. The summed E-state index contributed by atoms with van der Waals surface area (Å²) in [5, 5.41) is 0. The Hall–Kier alpha value is -0.690. The van der Waals surface area contributed by atoms with Crippen molar-refractivity contribution in [3.05, 3.63) is 74.5 Å². The monoisotopic (exact) mass is 240 g/mol. The first-order valence-electron chi connectivity index (χ1n) is 4.53. The van der Waals surface area contributed by atoms with Crippen LogP contribution in [-0.4, -0.2) is 0 Å². The van der Waals surface area contributed by atoms with Crippen LogP contribution in [-0.2, 0) is 32.3 Å². The summed E-state index contributed by atoms with van der Waals surface area (Å²) in [6.45, 7) is 0. The topological polar surface area (TPSA) is 0 Å².